The molecule has 3 aromatic heterocycles. The first-order valence-electron chi connectivity index (χ1n) is 7.86. The Labute approximate surface area is 139 Å². The fraction of sp³-hybridized carbons (Fsp3) is 0.176. The summed E-state index contributed by atoms with van der Waals surface area (Å²) < 4.78 is 3.58. The van der Waals surface area contributed by atoms with Gasteiger partial charge in [-0.05, 0) is 12.0 Å². The first-order valence-corrected chi connectivity index (χ1v) is 7.86. The lowest BCUT2D eigenvalue weighted by atomic mass is 10.2. The van der Waals surface area contributed by atoms with Crippen molar-refractivity contribution in [2.75, 3.05) is 5.32 Å². The Morgan fingerprint density at radius 3 is 2.83 bits per heavy atom. The number of anilines is 2. The Morgan fingerprint density at radius 2 is 2.00 bits per heavy atom. The molecule has 1 N–H and O–H groups in total. The summed E-state index contributed by atoms with van der Waals surface area (Å²) in [6, 6.07) is 14.2. The van der Waals surface area contributed by atoms with E-state index in [1.807, 2.05) is 41.2 Å². The van der Waals surface area contributed by atoms with Gasteiger partial charge in [-0.2, -0.15) is 19.7 Å². The third kappa shape index (κ3) is 2.83. The van der Waals surface area contributed by atoms with Gasteiger partial charge >= 0.3 is 0 Å². The average molecular weight is 319 g/mol. The van der Waals surface area contributed by atoms with Crippen LogP contribution in [-0.4, -0.2) is 29.4 Å². The largest absolute Gasteiger partial charge is 0.323 e. The van der Waals surface area contributed by atoms with Crippen LogP contribution in [0, 0.1) is 0 Å². The molecule has 7 nitrogen and oxygen atoms in total. The fourth-order valence-corrected chi connectivity index (χ4v) is 2.55. The molecule has 1 aromatic carbocycles. The predicted molar refractivity (Wildman–Crippen MR) is 91.2 cm³/mol. The van der Waals surface area contributed by atoms with E-state index >= 15 is 0 Å². The van der Waals surface area contributed by atoms with Crippen molar-refractivity contribution in [2.45, 2.75) is 19.9 Å². The summed E-state index contributed by atoms with van der Waals surface area (Å²) in [4.78, 5) is 8.61. The van der Waals surface area contributed by atoms with E-state index in [1.54, 1.807) is 4.52 Å². The van der Waals surface area contributed by atoms with Crippen molar-refractivity contribution in [1.82, 2.24) is 29.4 Å². The monoisotopic (exact) mass is 319 g/mol. The molecule has 0 saturated carbocycles. The van der Waals surface area contributed by atoms with Gasteiger partial charge < -0.3 is 5.32 Å². The third-order valence-electron chi connectivity index (χ3n) is 3.75. The van der Waals surface area contributed by atoms with Crippen molar-refractivity contribution in [1.29, 1.82) is 0 Å². The van der Waals surface area contributed by atoms with Gasteiger partial charge in [0.15, 0.2) is 5.82 Å². The van der Waals surface area contributed by atoms with E-state index in [4.69, 9.17) is 0 Å². The molecule has 0 amide bonds. The van der Waals surface area contributed by atoms with Gasteiger partial charge in [-0.3, -0.25) is 4.68 Å². The van der Waals surface area contributed by atoms with Crippen LogP contribution in [0.25, 0.3) is 5.78 Å². The Kier molecular flexibility index (Phi) is 3.66. The molecule has 7 heteroatoms. The normalized spacial score (nSPS) is 11.0. The number of hydrogen-bond donors (Lipinski definition) is 1. The second kappa shape index (κ2) is 6.11. The fourth-order valence-electron chi connectivity index (χ4n) is 2.55. The average Bonchev–Trinajstić information content (AvgIpc) is 3.25. The van der Waals surface area contributed by atoms with Gasteiger partial charge in [0, 0.05) is 24.0 Å². The Hall–Kier alpha value is -3.22. The molecule has 0 radical (unpaired) electrons. The standard InChI is InChI=1S/C17H17N7/c1-2-14-10-16(24-17(20-14)18-12-19-24)21-15-8-9-23(22-15)11-13-6-4-3-5-7-13/h3-10,12H,2,11H2,1H3,(H,21,22). The first-order chi connectivity index (χ1) is 11.8. The van der Waals surface area contributed by atoms with E-state index in [1.165, 1.54) is 11.9 Å². The van der Waals surface area contributed by atoms with E-state index in [0.717, 1.165) is 30.3 Å². The lowest BCUT2D eigenvalue weighted by molar-refractivity contribution is 0.689. The van der Waals surface area contributed by atoms with Crippen molar-refractivity contribution in [2.24, 2.45) is 0 Å². The molecule has 0 aliphatic rings. The molecule has 3 heterocycles. The number of aromatic nitrogens is 6. The van der Waals surface area contributed by atoms with E-state index in [0.29, 0.717) is 5.78 Å². The molecule has 0 fully saturated rings. The van der Waals surface area contributed by atoms with Gasteiger partial charge in [0.1, 0.15) is 12.1 Å². The zero-order chi connectivity index (χ0) is 16.4. The quantitative estimate of drug-likeness (QED) is 0.612. The molecule has 0 aliphatic carbocycles. The van der Waals surface area contributed by atoms with Crippen LogP contribution in [0.3, 0.4) is 0 Å². The molecule has 0 bridgehead atoms. The van der Waals surface area contributed by atoms with Crippen molar-refractivity contribution in [3.63, 3.8) is 0 Å². The maximum atomic E-state index is 4.57. The second-order valence-corrected chi connectivity index (χ2v) is 5.47. The van der Waals surface area contributed by atoms with Crippen molar-refractivity contribution >= 4 is 17.4 Å². The SMILES string of the molecule is CCc1cc(Nc2ccn(Cc3ccccc3)n2)n2ncnc2n1. The van der Waals surface area contributed by atoms with Crippen molar-refractivity contribution < 1.29 is 0 Å². The van der Waals surface area contributed by atoms with Crippen LogP contribution < -0.4 is 5.32 Å². The molecule has 120 valence electrons. The van der Waals surface area contributed by atoms with Gasteiger partial charge in [0.05, 0.1) is 6.54 Å². The lowest BCUT2D eigenvalue weighted by Gasteiger charge is -2.07. The van der Waals surface area contributed by atoms with Crippen LogP contribution in [0.5, 0.6) is 0 Å². The maximum Gasteiger partial charge on any atom is 0.254 e. The van der Waals surface area contributed by atoms with Crippen LogP contribution in [0.15, 0.2) is 55.0 Å². The topological polar surface area (TPSA) is 72.9 Å². The van der Waals surface area contributed by atoms with Crippen LogP contribution in [0.2, 0.25) is 0 Å². The molecular formula is C17H17N7. The number of benzene rings is 1. The van der Waals surface area contributed by atoms with Gasteiger partial charge in [0.25, 0.3) is 5.78 Å². The summed E-state index contributed by atoms with van der Waals surface area (Å²) in [5, 5.41) is 12.1. The summed E-state index contributed by atoms with van der Waals surface area (Å²) in [7, 11) is 0. The number of nitrogens with zero attached hydrogens (tertiary/aromatic N) is 6. The summed E-state index contributed by atoms with van der Waals surface area (Å²) in [5.74, 6) is 2.15. The molecule has 0 spiro atoms. The minimum Gasteiger partial charge on any atom is -0.323 e. The van der Waals surface area contributed by atoms with Crippen LogP contribution in [-0.2, 0) is 13.0 Å². The molecule has 0 saturated heterocycles. The molecule has 4 rings (SSSR count). The number of hydrogen-bond acceptors (Lipinski definition) is 5. The van der Waals surface area contributed by atoms with Gasteiger partial charge in [-0.15, -0.1) is 0 Å². The highest BCUT2D eigenvalue weighted by Gasteiger charge is 2.08. The number of fused-ring (bicyclic) bond motifs is 1. The maximum absolute atomic E-state index is 4.57. The first kappa shape index (κ1) is 14.4. The van der Waals surface area contributed by atoms with Crippen molar-refractivity contribution in [3.8, 4) is 0 Å². The van der Waals surface area contributed by atoms with E-state index in [2.05, 4.69) is 44.5 Å². The predicted octanol–water partition coefficient (Wildman–Crippen LogP) is 2.68. The smallest absolute Gasteiger partial charge is 0.254 e. The Morgan fingerprint density at radius 1 is 1.12 bits per heavy atom. The summed E-state index contributed by atoms with van der Waals surface area (Å²) in [6.07, 6.45) is 4.29. The molecule has 0 unspecified atom stereocenters. The summed E-state index contributed by atoms with van der Waals surface area (Å²) in [6.45, 7) is 2.80. The minimum atomic E-state index is 0.584. The minimum absolute atomic E-state index is 0.584. The zero-order valence-corrected chi connectivity index (χ0v) is 13.3. The number of rotatable bonds is 5. The molecule has 0 atom stereocenters. The van der Waals surface area contributed by atoms with Crippen molar-refractivity contribution in [3.05, 3.63) is 66.2 Å². The second-order valence-electron chi connectivity index (χ2n) is 5.47. The third-order valence-corrected chi connectivity index (χ3v) is 3.75. The number of nitrogens with one attached hydrogen (secondary N) is 1. The molecule has 24 heavy (non-hydrogen) atoms. The summed E-state index contributed by atoms with van der Waals surface area (Å²) in [5.41, 5.74) is 2.17. The Bertz CT molecular complexity index is 955. The zero-order valence-electron chi connectivity index (χ0n) is 13.3. The molecular weight excluding hydrogens is 302 g/mol. The highest BCUT2D eigenvalue weighted by Crippen LogP contribution is 2.16. The van der Waals surface area contributed by atoms with Gasteiger partial charge in [-0.1, -0.05) is 37.3 Å². The van der Waals surface area contributed by atoms with Gasteiger partial charge in [0.2, 0.25) is 0 Å². The van der Waals surface area contributed by atoms with Gasteiger partial charge in [-0.25, -0.2) is 4.98 Å². The van der Waals surface area contributed by atoms with Crippen LogP contribution >= 0.6 is 0 Å². The van der Waals surface area contributed by atoms with E-state index < -0.39 is 0 Å². The van der Waals surface area contributed by atoms with Crippen LogP contribution in [0.4, 0.5) is 11.6 Å². The molecule has 0 aliphatic heterocycles. The highest BCUT2D eigenvalue weighted by atomic mass is 15.4. The lowest BCUT2D eigenvalue weighted by Crippen LogP contribution is -2.05. The highest BCUT2D eigenvalue weighted by molar-refractivity contribution is 5.54. The van der Waals surface area contributed by atoms with Crippen LogP contribution in [0.1, 0.15) is 18.2 Å². The summed E-state index contributed by atoms with van der Waals surface area (Å²) >= 11 is 0. The van der Waals surface area contributed by atoms with E-state index in [-0.39, 0.29) is 0 Å². The van der Waals surface area contributed by atoms with E-state index in [9.17, 15) is 0 Å². The molecule has 4 aromatic rings. The number of aryl methyl sites for hydroxylation is 1. The Balaban J connectivity index is 1.59.